The number of aliphatic hydroxyl groups is 1. The molecule has 4 rings (SSSR count). The van der Waals surface area contributed by atoms with Gasteiger partial charge in [0.15, 0.2) is 6.29 Å². The Balaban J connectivity index is 0.000000376. The van der Waals surface area contributed by atoms with Gasteiger partial charge in [0, 0.05) is 31.3 Å². The summed E-state index contributed by atoms with van der Waals surface area (Å²) in [5.41, 5.74) is 4.83. The van der Waals surface area contributed by atoms with Crippen molar-refractivity contribution in [1.82, 2.24) is 0 Å². The highest BCUT2D eigenvalue weighted by Crippen LogP contribution is 2.39. The maximum atomic E-state index is 10.7. The maximum absolute atomic E-state index is 10.7. The summed E-state index contributed by atoms with van der Waals surface area (Å²) >= 11 is 8.25. The number of hydrogen-bond acceptors (Lipinski definition) is 6. The van der Waals surface area contributed by atoms with E-state index in [4.69, 9.17) is 14.6 Å². The van der Waals surface area contributed by atoms with E-state index in [0.29, 0.717) is 0 Å². The second-order valence-electron chi connectivity index (χ2n) is 11.3. The van der Waals surface area contributed by atoms with Gasteiger partial charge < -0.3 is 19.4 Å². The highest BCUT2D eigenvalue weighted by molar-refractivity contribution is 8.37. The lowest BCUT2D eigenvalue weighted by molar-refractivity contribution is -0.111. The van der Waals surface area contributed by atoms with Crippen molar-refractivity contribution in [2.24, 2.45) is 0 Å². The van der Waals surface area contributed by atoms with Crippen molar-refractivity contribution < 1.29 is 19.4 Å². The van der Waals surface area contributed by atoms with Gasteiger partial charge in [-0.2, -0.15) is 0 Å². The third-order valence-electron chi connectivity index (χ3n) is 7.70. The van der Waals surface area contributed by atoms with Crippen molar-refractivity contribution >= 4 is 37.5 Å². The van der Waals surface area contributed by atoms with Crippen molar-refractivity contribution in [2.75, 3.05) is 6.61 Å². The summed E-state index contributed by atoms with van der Waals surface area (Å²) in [5.74, 6) is 0. The average molecular weight is 631 g/mol. The molecule has 0 aliphatic carbocycles. The van der Waals surface area contributed by atoms with Crippen LogP contribution in [0.4, 0.5) is 0 Å². The molecular formula is C35H50O4S3. The summed E-state index contributed by atoms with van der Waals surface area (Å²) in [6, 6.07) is 21.1. The molecule has 2 aliphatic rings. The minimum atomic E-state index is -0.496. The molecule has 4 atom stereocenters. The van der Waals surface area contributed by atoms with Crippen LogP contribution in [0.25, 0.3) is 0 Å². The number of aldehydes is 1. The molecule has 2 aromatic carbocycles. The fourth-order valence-electron chi connectivity index (χ4n) is 4.70. The molecule has 4 nitrogen and oxygen atoms in total. The van der Waals surface area contributed by atoms with Crippen LogP contribution in [-0.2, 0) is 58.4 Å². The molecule has 4 unspecified atom stereocenters. The third-order valence-corrected chi connectivity index (χ3v) is 7.70. The molecule has 7 heteroatoms. The van der Waals surface area contributed by atoms with Crippen molar-refractivity contribution in [3.63, 3.8) is 0 Å². The normalized spacial score (nSPS) is 24.1. The van der Waals surface area contributed by atoms with Gasteiger partial charge in [-0.15, -0.1) is 0 Å². The molecule has 42 heavy (non-hydrogen) atoms. The van der Waals surface area contributed by atoms with Gasteiger partial charge in [0.05, 0.1) is 18.8 Å². The summed E-state index contributed by atoms with van der Waals surface area (Å²) in [6.07, 6.45) is 14.3. The SMILES string of the molecule is C.C/C(=C\CCc1ccccc1)CCC1OC1(C)C=O.C/C(=C\CCc1ccccc1)CCC1OC1(C)CO.S=S=S. The van der Waals surface area contributed by atoms with Crippen LogP contribution in [0.3, 0.4) is 0 Å². The lowest BCUT2D eigenvalue weighted by atomic mass is 10.0. The van der Waals surface area contributed by atoms with Gasteiger partial charge in [-0.25, -0.2) is 0 Å². The van der Waals surface area contributed by atoms with Crippen LogP contribution in [0.2, 0.25) is 0 Å². The number of epoxide rings is 2. The molecule has 0 saturated carbocycles. The molecule has 0 spiro atoms. The van der Waals surface area contributed by atoms with E-state index in [0.717, 1.165) is 66.5 Å². The molecule has 0 amide bonds. The van der Waals surface area contributed by atoms with Crippen molar-refractivity contribution in [3.8, 4) is 0 Å². The van der Waals surface area contributed by atoms with Crippen LogP contribution < -0.4 is 0 Å². The number of ether oxygens (including phenoxy) is 2. The van der Waals surface area contributed by atoms with Crippen LogP contribution in [0.15, 0.2) is 84.0 Å². The van der Waals surface area contributed by atoms with Crippen molar-refractivity contribution in [2.45, 2.75) is 110 Å². The number of benzene rings is 2. The summed E-state index contributed by atoms with van der Waals surface area (Å²) in [4.78, 5) is 10.7. The van der Waals surface area contributed by atoms with Crippen LogP contribution in [0.1, 0.15) is 84.8 Å². The third kappa shape index (κ3) is 14.5. The zero-order chi connectivity index (χ0) is 30.1. The van der Waals surface area contributed by atoms with Crippen molar-refractivity contribution in [3.05, 3.63) is 95.1 Å². The smallest absolute Gasteiger partial charge is 0.154 e. The number of hydrogen-bond donors (Lipinski definition) is 1. The molecule has 2 fully saturated rings. The number of aryl methyl sites for hydroxylation is 2. The summed E-state index contributed by atoms with van der Waals surface area (Å²) in [7, 11) is 0.917. The fourth-order valence-corrected chi connectivity index (χ4v) is 4.70. The predicted molar refractivity (Wildman–Crippen MR) is 184 cm³/mol. The quantitative estimate of drug-likeness (QED) is 0.130. The van der Waals surface area contributed by atoms with Crippen LogP contribution in [0.5, 0.6) is 0 Å². The first-order valence-corrected chi connectivity index (χ1v) is 17.1. The van der Waals surface area contributed by atoms with E-state index in [1.54, 1.807) is 0 Å². The Hall–Kier alpha value is -1.87. The summed E-state index contributed by atoms with van der Waals surface area (Å²) in [6.45, 7) is 8.31. The number of aliphatic hydroxyl groups excluding tert-OH is 1. The van der Waals surface area contributed by atoms with Crippen LogP contribution in [-0.4, -0.2) is 41.4 Å². The Labute approximate surface area is 267 Å². The van der Waals surface area contributed by atoms with E-state index in [9.17, 15) is 4.79 Å². The van der Waals surface area contributed by atoms with Gasteiger partial charge in [-0.1, -0.05) is 91.4 Å². The number of allylic oxidation sites excluding steroid dienone is 4. The predicted octanol–water partition coefficient (Wildman–Crippen LogP) is 7.83. The molecule has 232 valence electrons. The second kappa shape index (κ2) is 20.2. The summed E-state index contributed by atoms with van der Waals surface area (Å²) in [5, 5.41) is 9.13. The Morgan fingerprint density at radius 3 is 1.62 bits per heavy atom. The topological polar surface area (TPSA) is 62.4 Å². The lowest BCUT2D eigenvalue weighted by Crippen LogP contribution is -2.14. The molecule has 0 bridgehead atoms. The zero-order valence-electron chi connectivity index (χ0n) is 24.9. The van der Waals surface area contributed by atoms with Crippen molar-refractivity contribution in [1.29, 1.82) is 0 Å². The zero-order valence-corrected chi connectivity index (χ0v) is 27.4. The minimum absolute atomic E-state index is 0. The highest BCUT2D eigenvalue weighted by atomic mass is 33.1. The first-order valence-electron chi connectivity index (χ1n) is 14.4. The minimum Gasteiger partial charge on any atom is -0.393 e. The monoisotopic (exact) mass is 630 g/mol. The van der Waals surface area contributed by atoms with E-state index >= 15 is 0 Å². The van der Waals surface area contributed by atoms with Gasteiger partial charge >= 0.3 is 0 Å². The fraction of sp³-hybridized carbons (Fsp3) is 0.514. The molecule has 0 aromatic heterocycles. The molecule has 2 aliphatic heterocycles. The molecular weight excluding hydrogens is 581 g/mol. The molecule has 2 aromatic rings. The standard InChI is InChI=1S/C17H24O2.C17H22O2.CH4.S3/c2*1-14(11-12-16-17(2,13-18)19-16)7-6-10-15-8-4-3-5-9-15;;1-3-2/h3-5,7-9,16,18H,6,10-13H2,1-2H3;3-5,7-9,13,16H,6,10-12H2,1-2H3;1H4;/b2*14-7+;;. The maximum Gasteiger partial charge on any atom is 0.154 e. The van der Waals surface area contributed by atoms with E-state index in [-0.39, 0.29) is 31.8 Å². The van der Waals surface area contributed by atoms with Gasteiger partial charge in [0.25, 0.3) is 0 Å². The average Bonchev–Trinajstić information content (AvgIpc) is 3.86. The number of rotatable bonds is 14. The van der Waals surface area contributed by atoms with Gasteiger partial charge in [-0.05, 0) is 90.2 Å². The van der Waals surface area contributed by atoms with Gasteiger partial charge in [-0.3, -0.25) is 0 Å². The van der Waals surface area contributed by atoms with Gasteiger partial charge in [0.1, 0.15) is 11.2 Å². The van der Waals surface area contributed by atoms with E-state index in [2.05, 4.69) is 103 Å². The van der Waals surface area contributed by atoms with E-state index < -0.39 is 5.60 Å². The molecule has 1 N–H and O–H groups in total. The van der Waals surface area contributed by atoms with E-state index in [1.165, 1.54) is 22.3 Å². The summed E-state index contributed by atoms with van der Waals surface area (Å²) < 4.78 is 10.9. The number of carbonyl (C=O) groups is 1. The largest absolute Gasteiger partial charge is 0.393 e. The first kappa shape index (κ1) is 38.2. The Bertz CT molecular complexity index is 1150. The van der Waals surface area contributed by atoms with Gasteiger partial charge in [0.2, 0.25) is 0 Å². The highest BCUT2D eigenvalue weighted by Gasteiger charge is 2.52. The molecule has 2 heterocycles. The van der Waals surface area contributed by atoms with E-state index in [1.807, 2.05) is 19.9 Å². The Morgan fingerprint density at radius 2 is 1.26 bits per heavy atom. The van der Waals surface area contributed by atoms with Crippen LogP contribution >= 0.6 is 0 Å². The first-order chi connectivity index (χ1) is 19.7. The lowest BCUT2D eigenvalue weighted by Gasteiger charge is -2.02. The Kier molecular flexibility index (Phi) is 18.3. The van der Waals surface area contributed by atoms with Crippen LogP contribution in [0, 0.1) is 0 Å². The second-order valence-corrected chi connectivity index (χ2v) is 13.0. The number of carbonyl (C=O) groups excluding carboxylic acids is 1. The molecule has 0 radical (unpaired) electrons. The molecule has 2 saturated heterocycles. The Morgan fingerprint density at radius 1 is 0.833 bits per heavy atom.